The van der Waals surface area contributed by atoms with Gasteiger partial charge in [0.05, 0.1) is 5.75 Å². The summed E-state index contributed by atoms with van der Waals surface area (Å²) in [6.07, 6.45) is 3.32. The van der Waals surface area contributed by atoms with E-state index < -0.39 is 0 Å². The first kappa shape index (κ1) is 8.20. The maximum atomic E-state index is 10.5. The molecule has 0 amide bonds. The van der Waals surface area contributed by atoms with E-state index in [0.29, 0.717) is 10.9 Å². The van der Waals surface area contributed by atoms with Crippen LogP contribution in [-0.2, 0) is 4.79 Å². The number of hydrogen-bond acceptors (Lipinski definition) is 4. The first-order valence-corrected chi connectivity index (χ1v) is 4.17. The van der Waals surface area contributed by atoms with Gasteiger partial charge in [-0.15, -0.1) is 0 Å². The summed E-state index contributed by atoms with van der Waals surface area (Å²) in [4.78, 5) is 18.4. The van der Waals surface area contributed by atoms with E-state index in [1.807, 2.05) is 0 Å². The third kappa shape index (κ3) is 3.13. The molecular weight excluding hydrogens is 160 g/mol. The fraction of sp³-hybridized carbons (Fsp3) is 0.286. The third-order valence-electron chi connectivity index (χ3n) is 0.947. The molecule has 0 spiro atoms. The van der Waals surface area contributed by atoms with Gasteiger partial charge in [0.25, 0.3) is 0 Å². The molecular formula is C7H8N2OS. The molecule has 0 saturated carbocycles. The van der Waals surface area contributed by atoms with Crippen molar-refractivity contribution in [1.29, 1.82) is 0 Å². The minimum atomic E-state index is 0.141. The molecule has 0 aliphatic heterocycles. The smallest absolute Gasteiger partial charge is 0.187 e. The minimum absolute atomic E-state index is 0.141. The normalized spacial score (nSPS) is 9.55. The summed E-state index contributed by atoms with van der Waals surface area (Å²) in [6, 6.07) is 1.75. The van der Waals surface area contributed by atoms with Crippen molar-refractivity contribution < 1.29 is 4.79 Å². The summed E-state index contributed by atoms with van der Waals surface area (Å²) in [7, 11) is 0. The maximum absolute atomic E-state index is 10.5. The third-order valence-corrected chi connectivity index (χ3v) is 1.97. The Labute approximate surface area is 69.3 Å². The van der Waals surface area contributed by atoms with Gasteiger partial charge in [0.1, 0.15) is 5.78 Å². The highest BCUT2D eigenvalue weighted by Crippen LogP contribution is 2.09. The van der Waals surface area contributed by atoms with E-state index in [4.69, 9.17) is 0 Å². The van der Waals surface area contributed by atoms with Crippen LogP contribution in [0, 0.1) is 0 Å². The molecule has 0 radical (unpaired) electrons. The van der Waals surface area contributed by atoms with Gasteiger partial charge in [-0.2, -0.15) is 0 Å². The van der Waals surface area contributed by atoms with E-state index in [-0.39, 0.29) is 5.78 Å². The van der Waals surface area contributed by atoms with E-state index in [0.717, 1.165) is 0 Å². The highest BCUT2D eigenvalue weighted by atomic mass is 32.2. The zero-order chi connectivity index (χ0) is 8.10. The van der Waals surface area contributed by atoms with Crippen molar-refractivity contribution in [3.8, 4) is 0 Å². The molecule has 1 rings (SSSR count). The molecule has 1 heterocycles. The van der Waals surface area contributed by atoms with E-state index in [1.165, 1.54) is 11.8 Å². The Balaban J connectivity index is 2.45. The lowest BCUT2D eigenvalue weighted by molar-refractivity contribution is -0.114. The van der Waals surface area contributed by atoms with Gasteiger partial charge in [-0.1, -0.05) is 11.8 Å². The molecule has 11 heavy (non-hydrogen) atoms. The van der Waals surface area contributed by atoms with Crippen LogP contribution < -0.4 is 0 Å². The second kappa shape index (κ2) is 4.08. The lowest BCUT2D eigenvalue weighted by Crippen LogP contribution is -1.94. The van der Waals surface area contributed by atoms with E-state index >= 15 is 0 Å². The van der Waals surface area contributed by atoms with Crippen LogP contribution in [0.3, 0.4) is 0 Å². The molecule has 0 N–H and O–H groups in total. The number of Topliss-reactive ketones (excluding diaryl/α,β-unsaturated/α-hetero) is 1. The molecule has 0 saturated heterocycles. The Kier molecular flexibility index (Phi) is 3.04. The SMILES string of the molecule is CC(=O)CSc1ncccn1. The summed E-state index contributed by atoms with van der Waals surface area (Å²) in [5, 5.41) is 0.655. The molecule has 0 aliphatic carbocycles. The zero-order valence-corrected chi connectivity index (χ0v) is 6.97. The predicted octanol–water partition coefficient (Wildman–Crippen LogP) is 1.16. The number of rotatable bonds is 3. The van der Waals surface area contributed by atoms with Crippen molar-refractivity contribution in [3.63, 3.8) is 0 Å². The number of hydrogen-bond donors (Lipinski definition) is 0. The van der Waals surface area contributed by atoms with Crippen LogP contribution in [0.25, 0.3) is 0 Å². The molecule has 1 aromatic rings. The summed E-state index contributed by atoms with van der Waals surface area (Å²) in [6.45, 7) is 1.55. The standard InChI is InChI=1S/C7H8N2OS/c1-6(10)5-11-7-8-3-2-4-9-7/h2-4H,5H2,1H3. The minimum Gasteiger partial charge on any atom is -0.299 e. The van der Waals surface area contributed by atoms with Crippen molar-refractivity contribution in [3.05, 3.63) is 18.5 Å². The second-order valence-corrected chi connectivity index (χ2v) is 2.96. The van der Waals surface area contributed by atoms with Crippen molar-refractivity contribution in [2.75, 3.05) is 5.75 Å². The summed E-state index contributed by atoms with van der Waals surface area (Å²) < 4.78 is 0. The Bertz CT molecular complexity index is 237. The average molecular weight is 168 g/mol. The van der Waals surface area contributed by atoms with Crippen molar-refractivity contribution in [2.45, 2.75) is 12.1 Å². The second-order valence-electron chi connectivity index (χ2n) is 2.02. The Morgan fingerprint density at radius 2 is 2.18 bits per heavy atom. The molecule has 0 unspecified atom stereocenters. The van der Waals surface area contributed by atoms with Crippen molar-refractivity contribution in [2.24, 2.45) is 0 Å². The van der Waals surface area contributed by atoms with Crippen molar-refractivity contribution in [1.82, 2.24) is 9.97 Å². The fourth-order valence-corrected chi connectivity index (χ4v) is 1.13. The quantitative estimate of drug-likeness (QED) is 0.501. The number of nitrogens with zero attached hydrogens (tertiary/aromatic N) is 2. The zero-order valence-electron chi connectivity index (χ0n) is 6.15. The Morgan fingerprint density at radius 1 is 1.55 bits per heavy atom. The lowest BCUT2D eigenvalue weighted by atomic mass is 10.5. The van der Waals surface area contributed by atoms with Crippen molar-refractivity contribution >= 4 is 17.5 Å². The lowest BCUT2D eigenvalue weighted by Gasteiger charge is -1.93. The monoisotopic (exact) mass is 168 g/mol. The molecule has 58 valence electrons. The average Bonchev–Trinajstić information content (AvgIpc) is 2.03. The van der Waals surface area contributed by atoms with Crippen LogP contribution in [-0.4, -0.2) is 21.5 Å². The number of carbonyl (C=O) groups excluding carboxylic acids is 1. The Morgan fingerprint density at radius 3 is 2.73 bits per heavy atom. The molecule has 0 aliphatic rings. The topological polar surface area (TPSA) is 42.9 Å². The molecule has 3 nitrogen and oxygen atoms in total. The molecule has 0 fully saturated rings. The van der Waals surface area contributed by atoms with E-state index in [1.54, 1.807) is 25.4 Å². The van der Waals surface area contributed by atoms with Gasteiger partial charge in [0.15, 0.2) is 5.16 Å². The van der Waals surface area contributed by atoms with Gasteiger partial charge in [-0.3, -0.25) is 4.79 Å². The number of aromatic nitrogens is 2. The highest BCUT2D eigenvalue weighted by molar-refractivity contribution is 7.99. The summed E-state index contributed by atoms with van der Waals surface area (Å²) >= 11 is 1.36. The van der Waals surface area contributed by atoms with Gasteiger partial charge in [-0.05, 0) is 13.0 Å². The van der Waals surface area contributed by atoms with Gasteiger partial charge >= 0.3 is 0 Å². The van der Waals surface area contributed by atoms with Crippen LogP contribution >= 0.6 is 11.8 Å². The Hall–Kier alpha value is -0.900. The number of thioether (sulfide) groups is 1. The van der Waals surface area contributed by atoms with E-state index in [9.17, 15) is 4.79 Å². The van der Waals surface area contributed by atoms with Crippen LogP contribution in [0.15, 0.2) is 23.6 Å². The number of carbonyl (C=O) groups is 1. The highest BCUT2D eigenvalue weighted by Gasteiger charge is 1.97. The van der Waals surface area contributed by atoms with Gasteiger partial charge in [0.2, 0.25) is 0 Å². The molecule has 0 aromatic carbocycles. The predicted molar refractivity (Wildman–Crippen MR) is 43.4 cm³/mol. The molecule has 1 aromatic heterocycles. The van der Waals surface area contributed by atoms with Gasteiger partial charge in [0, 0.05) is 12.4 Å². The molecule has 4 heteroatoms. The van der Waals surface area contributed by atoms with Crippen LogP contribution in [0.1, 0.15) is 6.92 Å². The maximum Gasteiger partial charge on any atom is 0.187 e. The largest absolute Gasteiger partial charge is 0.299 e. The summed E-state index contributed by atoms with van der Waals surface area (Å²) in [5.41, 5.74) is 0. The molecule has 0 bridgehead atoms. The number of ketones is 1. The van der Waals surface area contributed by atoms with Crippen LogP contribution in [0.2, 0.25) is 0 Å². The first-order valence-electron chi connectivity index (χ1n) is 3.18. The van der Waals surface area contributed by atoms with Gasteiger partial charge < -0.3 is 0 Å². The molecule has 0 atom stereocenters. The van der Waals surface area contributed by atoms with Crippen LogP contribution in [0.4, 0.5) is 0 Å². The van der Waals surface area contributed by atoms with Crippen LogP contribution in [0.5, 0.6) is 0 Å². The van der Waals surface area contributed by atoms with Gasteiger partial charge in [-0.25, -0.2) is 9.97 Å². The fourth-order valence-electron chi connectivity index (χ4n) is 0.526. The van der Waals surface area contributed by atoms with E-state index in [2.05, 4.69) is 9.97 Å². The first-order chi connectivity index (χ1) is 5.29. The summed E-state index contributed by atoms with van der Waals surface area (Å²) in [5.74, 6) is 0.590.